The fourth-order valence-corrected chi connectivity index (χ4v) is 2.90. The van der Waals surface area contributed by atoms with Crippen molar-refractivity contribution in [1.82, 2.24) is 25.6 Å². The molecule has 23 heavy (non-hydrogen) atoms. The predicted molar refractivity (Wildman–Crippen MR) is 74.7 cm³/mol. The van der Waals surface area contributed by atoms with Crippen molar-refractivity contribution in [3.8, 4) is 0 Å². The molecule has 2 heterocycles. The summed E-state index contributed by atoms with van der Waals surface area (Å²) in [6.45, 7) is 1.61. The molecule has 0 radical (unpaired) electrons. The van der Waals surface area contributed by atoms with Gasteiger partial charge in [-0.3, -0.25) is 4.79 Å². The van der Waals surface area contributed by atoms with E-state index in [1.807, 2.05) is 0 Å². The summed E-state index contributed by atoms with van der Waals surface area (Å²) in [7, 11) is 0. The Labute approximate surface area is 130 Å². The van der Waals surface area contributed by atoms with E-state index in [4.69, 9.17) is 0 Å². The number of rotatable bonds is 4. The maximum atomic E-state index is 13.4. The number of aromatic amines is 1. The number of carbonyl (C=O) groups excluding carboxylic acids is 1. The van der Waals surface area contributed by atoms with Crippen molar-refractivity contribution in [3.63, 3.8) is 0 Å². The number of aromatic nitrogens is 4. The number of hydrogen-bond acceptors (Lipinski definition) is 5. The number of nitrogens with one attached hydrogen (secondary N) is 2. The van der Waals surface area contributed by atoms with Crippen LogP contribution < -0.4 is 5.32 Å². The van der Waals surface area contributed by atoms with Crippen molar-refractivity contribution in [2.75, 3.05) is 0 Å². The van der Waals surface area contributed by atoms with E-state index in [9.17, 15) is 13.6 Å². The summed E-state index contributed by atoms with van der Waals surface area (Å²) in [6.07, 6.45) is 3.46. The Kier molecular flexibility index (Phi) is 4.10. The number of halogens is 2. The molecule has 0 saturated heterocycles. The summed E-state index contributed by atoms with van der Waals surface area (Å²) in [5.41, 5.74) is 0.457. The Morgan fingerprint density at radius 3 is 2.74 bits per heavy atom. The number of amides is 1. The van der Waals surface area contributed by atoms with Gasteiger partial charge in [-0.2, -0.15) is 0 Å². The highest BCUT2D eigenvalue weighted by atomic mass is 19.3. The van der Waals surface area contributed by atoms with Crippen LogP contribution in [0.25, 0.3) is 0 Å². The molecular weight excluding hydrogens is 308 g/mol. The molecule has 0 unspecified atom stereocenters. The molecule has 1 aliphatic rings. The molecule has 124 valence electrons. The molecule has 0 aromatic carbocycles. The molecule has 2 N–H and O–H groups in total. The lowest BCUT2D eigenvalue weighted by Crippen LogP contribution is -2.38. The van der Waals surface area contributed by atoms with E-state index in [0.717, 1.165) is 0 Å². The second kappa shape index (κ2) is 6.05. The highest BCUT2D eigenvalue weighted by Gasteiger charge is 2.39. The van der Waals surface area contributed by atoms with Crippen molar-refractivity contribution in [3.05, 3.63) is 29.6 Å². The first-order valence-corrected chi connectivity index (χ1v) is 7.43. The van der Waals surface area contributed by atoms with Gasteiger partial charge in [-0.25, -0.2) is 18.4 Å². The average molecular weight is 325 g/mol. The largest absolute Gasteiger partial charge is 0.347 e. The van der Waals surface area contributed by atoms with E-state index in [1.165, 1.54) is 0 Å². The second-order valence-corrected chi connectivity index (χ2v) is 5.82. The zero-order valence-electron chi connectivity index (χ0n) is 12.6. The van der Waals surface area contributed by atoms with Crippen molar-refractivity contribution in [2.45, 2.75) is 44.6 Å². The summed E-state index contributed by atoms with van der Waals surface area (Å²) < 4.78 is 31.3. The summed E-state index contributed by atoms with van der Waals surface area (Å²) in [4.78, 5) is 19.5. The first kappa shape index (κ1) is 15.6. The van der Waals surface area contributed by atoms with Gasteiger partial charge in [-0.05, 0) is 30.8 Å². The molecule has 7 nitrogen and oxygen atoms in total. The minimum atomic E-state index is -2.62. The number of H-pyrrole nitrogens is 1. The van der Waals surface area contributed by atoms with Crippen LogP contribution in [0.5, 0.6) is 0 Å². The Morgan fingerprint density at radius 2 is 2.17 bits per heavy atom. The lowest BCUT2D eigenvalue weighted by molar-refractivity contribution is -0.0496. The van der Waals surface area contributed by atoms with Crippen LogP contribution in [0.4, 0.5) is 8.78 Å². The standard InChI is InChI=1S/C14H17F2N5O2/c1-8-10(21-23-20-8)13(22)19-11(12-17-6-7-18-12)9-2-4-14(15,16)5-3-9/h6-7,9,11H,2-5H2,1H3,(H,17,18)(H,19,22)/t11-/m0/s1. The van der Waals surface area contributed by atoms with Crippen LogP contribution in [0.15, 0.2) is 17.0 Å². The van der Waals surface area contributed by atoms with Gasteiger partial charge in [0.25, 0.3) is 5.91 Å². The number of carbonyl (C=O) groups is 1. The molecule has 3 rings (SSSR count). The third-order valence-corrected chi connectivity index (χ3v) is 4.20. The van der Waals surface area contributed by atoms with E-state index < -0.39 is 17.9 Å². The lowest BCUT2D eigenvalue weighted by atomic mass is 9.81. The molecule has 1 saturated carbocycles. The van der Waals surface area contributed by atoms with E-state index in [2.05, 4.69) is 30.2 Å². The van der Waals surface area contributed by atoms with Crippen molar-refractivity contribution in [1.29, 1.82) is 0 Å². The van der Waals surface area contributed by atoms with Crippen molar-refractivity contribution < 1.29 is 18.2 Å². The summed E-state index contributed by atoms with van der Waals surface area (Å²) in [5, 5.41) is 9.96. The molecule has 1 amide bonds. The second-order valence-electron chi connectivity index (χ2n) is 5.82. The zero-order chi connectivity index (χ0) is 16.4. The predicted octanol–water partition coefficient (Wildman–Crippen LogP) is 2.40. The molecule has 9 heteroatoms. The highest BCUT2D eigenvalue weighted by Crippen LogP contribution is 2.40. The fourth-order valence-electron chi connectivity index (χ4n) is 2.90. The van der Waals surface area contributed by atoms with Gasteiger partial charge in [0.2, 0.25) is 5.92 Å². The van der Waals surface area contributed by atoms with Gasteiger partial charge in [0.05, 0.1) is 6.04 Å². The molecule has 2 aromatic rings. The van der Waals surface area contributed by atoms with Gasteiger partial charge in [-0.1, -0.05) is 5.16 Å². The first-order valence-electron chi connectivity index (χ1n) is 7.43. The third kappa shape index (κ3) is 3.38. The van der Waals surface area contributed by atoms with Crippen molar-refractivity contribution in [2.24, 2.45) is 5.92 Å². The average Bonchev–Trinajstić information content (AvgIpc) is 3.16. The number of nitrogens with zero attached hydrogens (tertiary/aromatic N) is 3. The van der Waals surface area contributed by atoms with Crippen LogP contribution in [0, 0.1) is 12.8 Å². The van der Waals surface area contributed by atoms with E-state index in [1.54, 1.807) is 19.3 Å². The normalized spacial score (nSPS) is 19.4. The van der Waals surface area contributed by atoms with Crippen LogP contribution in [0.2, 0.25) is 0 Å². The maximum absolute atomic E-state index is 13.4. The number of imidazole rings is 1. The quantitative estimate of drug-likeness (QED) is 0.899. The molecule has 0 spiro atoms. The molecule has 1 aliphatic carbocycles. The van der Waals surface area contributed by atoms with Gasteiger partial charge in [-0.15, -0.1) is 0 Å². The summed E-state index contributed by atoms with van der Waals surface area (Å²) in [5.74, 6) is -2.66. The summed E-state index contributed by atoms with van der Waals surface area (Å²) in [6, 6.07) is -0.482. The van der Waals surface area contributed by atoms with Crippen LogP contribution in [-0.2, 0) is 0 Å². The third-order valence-electron chi connectivity index (χ3n) is 4.20. The molecule has 0 bridgehead atoms. The van der Waals surface area contributed by atoms with Gasteiger partial charge >= 0.3 is 0 Å². The Bertz CT molecular complexity index is 661. The van der Waals surface area contributed by atoms with E-state index >= 15 is 0 Å². The Hall–Kier alpha value is -2.32. The number of aryl methyl sites for hydroxylation is 1. The topological polar surface area (TPSA) is 96.7 Å². The van der Waals surface area contributed by atoms with Gasteiger partial charge < -0.3 is 10.3 Å². The highest BCUT2D eigenvalue weighted by molar-refractivity contribution is 5.93. The zero-order valence-corrected chi connectivity index (χ0v) is 12.6. The van der Waals surface area contributed by atoms with Crippen LogP contribution in [-0.4, -0.2) is 32.1 Å². The number of alkyl halides is 2. The smallest absolute Gasteiger partial charge is 0.276 e. The van der Waals surface area contributed by atoms with Crippen LogP contribution in [0.1, 0.15) is 53.7 Å². The van der Waals surface area contributed by atoms with Gasteiger partial charge in [0, 0.05) is 25.2 Å². The fraction of sp³-hybridized carbons (Fsp3) is 0.571. The molecule has 1 atom stereocenters. The Morgan fingerprint density at radius 1 is 1.43 bits per heavy atom. The van der Waals surface area contributed by atoms with E-state index in [-0.39, 0.29) is 24.5 Å². The van der Waals surface area contributed by atoms with E-state index in [0.29, 0.717) is 24.4 Å². The maximum Gasteiger partial charge on any atom is 0.276 e. The number of hydrogen-bond donors (Lipinski definition) is 2. The van der Waals surface area contributed by atoms with Gasteiger partial charge in [0.1, 0.15) is 11.5 Å². The first-order chi connectivity index (χ1) is 11.0. The molecule has 2 aromatic heterocycles. The summed E-state index contributed by atoms with van der Waals surface area (Å²) >= 11 is 0. The minimum Gasteiger partial charge on any atom is -0.347 e. The molecule has 0 aliphatic heterocycles. The monoisotopic (exact) mass is 325 g/mol. The minimum absolute atomic E-state index is 0.0858. The van der Waals surface area contributed by atoms with Crippen molar-refractivity contribution >= 4 is 5.91 Å². The molecule has 1 fully saturated rings. The van der Waals surface area contributed by atoms with Gasteiger partial charge in [0.15, 0.2) is 5.69 Å². The lowest BCUT2D eigenvalue weighted by Gasteiger charge is -2.33. The van der Waals surface area contributed by atoms with Crippen LogP contribution >= 0.6 is 0 Å². The Balaban J connectivity index is 1.77. The SMILES string of the molecule is Cc1nonc1C(=O)N[C@H](c1ncc[nH]1)C1CCC(F)(F)CC1. The van der Waals surface area contributed by atoms with Crippen LogP contribution in [0.3, 0.4) is 0 Å². The molecular formula is C14H17F2N5O2.